The summed E-state index contributed by atoms with van der Waals surface area (Å²) in [6.45, 7) is 2.72. The Hall–Kier alpha value is -1.00. The molecule has 0 aromatic heterocycles. The standard InChI is InChI=1S/C12H15F2NO/c1-8-2-3-9(13)10(11(8)14)12(16)4-6-15-7-5-12/h2-3,15-16H,4-7H2,1H3. The second-order valence-corrected chi connectivity index (χ2v) is 4.33. The van der Waals surface area contributed by atoms with Gasteiger partial charge in [-0.15, -0.1) is 0 Å². The summed E-state index contributed by atoms with van der Waals surface area (Å²) in [5.41, 5.74) is -1.18. The van der Waals surface area contributed by atoms with E-state index in [9.17, 15) is 13.9 Å². The Morgan fingerprint density at radius 2 is 1.88 bits per heavy atom. The smallest absolute Gasteiger partial charge is 0.135 e. The lowest BCUT2D eigenvalue weighted by Gasteiger charge is -2.33. The molecule has 0 aliphatic carbocycles. The van der Waals surface area contributed by atoms with Gasteiger partial charge in [-0.05, 0) is 44.5 Å². The molecule has 2 N–H and O–H groups in total. The van der Waals surface area contributed by atoms with Gasteiger partial charge in [-0.25, -0.2) is 8.78 Å². The van der Waals surface area contributed by atoms with Crippen LogP contribution < -0.4 is 5.32 Å². The number of piperidine rings is 1. The molecule has 1 aromatic carbocycles. The minimum atomic E-state index is -1.37. The quantitative estimate of drug-likeness (QED) is 0.767. The predicted molar refractivity (Wildman–Crippen MR) is 57.1 cm³/mol. The molecule has 1 aromatic rings. The average Bonchev–Trinajstić information content (AvgIpc) is 2.25. The van der Waals surface area contributed by atoms with Crippen molar-refractivity contribution in [1.82, 2.24) is 5.32 Å². The second-order valence-electron chi connectivity index (χ2n) is 4.33. The molecule has 0 atom stereocenters. The molecule has 0 bridgehead atoms. The van der Waals surface area contributed by atoms with Gasteiger partial charge in [0.05, 0.1) is 11.2 Å². The zero-order valence-electron chi connectivity index (χ0n) is 9.19. The van der Waals surface area contributed by atoms with E-state index in [1.807, 2.05) is 0 Å². The van der Waals surface area contributed by atoms with E-state index in [0.717, 1.165) is 0 Å². The van der Waals surface area contributed by atoms with Crippen LogP contribution in [0.1, 0.15) is 24.0 Å². The summed E-state index contributed by atoms with van der Waals surface area (Å²) in [4.78, 5) is 0. The molecule has 1 aliphatic heterocycles. The molecular formula is C12H15F2NO. The zero-order chi connectivity index (χ0) is 11.8. The highest BCUT2D eigenvalue weighted by molar-refractivity contribution is 5.31. The van der Waals surface area contributed by atoms with Crippen molar-refractivity contribution < 1.29 is 13.9 Å². The van der Waals surface area contributed by atoms with Crippen molar-refractivity contribution in [1.29, 1.82) is 0 Å². The Bertz CT molecular complexity index is 400. The Balaban J connectivity index is 2.49. The van der Waals surface area contributed by atoms with Crippen LogP contribution in [0.25, 0.3) is 0 Å². The van der Waals surface area contributed by atoms with Gasteiger partial charge in [0.1, 0.15) is 11.6 Å². The normalized spacial score (nSPS) is 19.8. The Kier molecular flexibility index (Phi) is 2.95. The third kappa shape index (κ3) is 1.83. The molecule has 0 saturated carbocycles. The van der Waals surface area contributed by atoms with E-state index in [2.05, 4.69) is 5.32 Å². The van der Waals surface area contributed by atoms with Crippen molar-refractivity contribution in [2.24, 2.45) is 0 Å². The molecule has 4 heteroatoms. The highest BCUT2D eigenvalue weighted by Crippen LogP contribution is 2.34. The van der Waals surface area contributed by atoms with Crippen LogP contribution in [0.3, 0.4) is 0 Å². The van der Waals surface area contributed by atoms with Gasteiger partial charge in [0.15, 0.2) is 0 Å². The number of aryl methyl sites for hydroxylation is 1. The summed E-state index contributed by atoms with van der Waals surface area (Å²) < 4.78 is 27.5. The molecule has 1 heterocycles. The highest BCUT2D eigenvalue weighted by Gasteiger charge is 2.36. The minimum Gasteiger partial charge on any atom is -0.385 e. The molecule has 0 radical (unpaired) electrons. The number of nitrogens with one attached hydrogen (secondary N) is 1. The fourth-order valence-electron chi connectivity index (χ4n) is 2.17. The van der Waals surface area contributed by atoms with E-state index >= 15 is 0 Å². The van der Waals surface area contributed by atoms with Crippen LogP contribution >= 0.6 is 0 Å². The molecule has 88 valence electrons. The largest absolute Gasteiger partial charge is 0.385 e. The van der Waals surface area contributed by atoms with Crippen LogP contribution in [0.15, 0.2) is 12.1 Å². The van der Waals surface area contributed by atoms with Crippen LogP contribution in [-0.2, 0) is 5.60 Å². The van der Waals surface area contributed by atoms with Gasteiger partial charge in [0.25, 0.3) is 0 Å². The summed E-state index contributed by atoms with van der Waals surface area (Å²) in [6.07, 6.45) is 0.675. The number of halogens is 2. The van der Waals surface area contributed by atoms with Gasteiger partial charge in [-0.2, -0.15) is 0 Å². The molecule has 2 nitrogen and oxygen atoms in total. The van der Waals surface area contributed by atoms with Gasteiger partial charge in [0, 0.05) is 0 Å². The lowest BCUT2D eigenvalue weighted by Crippen LogP contribution is -2.41. The summed E-state index contributed by atoms with van der Waals surface area (Å²) in [5, 5.41) is 13.4. The van der Waals surface area contributed by atoms with Gasteiger partial charge >= 0.3 is 0 Å². The third-order valence-corrected chi connectivity index (χ3v) is 3.18. The van der Waals surface area contributed by atoms with Gasteiger partial charge in [-0.1, -0.05) is 6.07 Å². The fraction of sp³-hybridized carbons (Fsp3) is 0.500. The van der Waals surface area contributed by atoms with Crippen LogP contribution in [0.5, 0.6) is 0 Å². The Morgan fingerprint density at radius 3 is 2.50 bits per heavy atom. The summed E-state index contributed by atoms with van der Waals surface area (Å²) in [5.74, 6) is -1.28. The van der Waals surface area contributed by atoms with Crippen molar-refractivity contribution in [3.05, 3.63) is 34.9 Å². The number of aliphatic hydroxyl groups is 1. The topological polar surface area (TPSA) is 32.3 Å². The Morgan fingerprint density at radius 1 is 1.25 bits per heavy atom. The number of hydrogen-bond acceptors (Lipinski definition) is 2. The van der Waals surface area contributed by atoms with E-state index in [0.29, 0.717) is 31.5 Å². The number of hydrogen-bond donors (Lipinski definition) is 2. The fourth-order valence-corrected chi connectivity index (χ4v) is 2.17. The van der Waals surface area contributed by atoms with Gasteiger partial charge in [0.2, 0.25) is 0 Å². The Labute approximate surface area is 93.3 Å². The average molecular weight is 227 g/mol. The SMILES string of the molecule is Cc1ccc(F)c(C2(O)CCNCC2)c1F. The van der Waals surface area contributed by atoms with Crippen LogP contribution in [0, 0.1) is 18.6 Å². The monoisotopic (exact) mass is 227 g/mol. The summed E-state index contributed by atoms with van der Waals surface area (Å²) >= 11 is 0. The molecule has 16 heavy (non-hydrogen) atoms. The third-order valence-electron chi connectivity index (χ3n) is 3.18. The highest BCUT2D eigenvalue weighted by atomic mass is 19.1. The number of benzene rings is 1. The number of rotatable bonds is 1. The second kappa shape index (κ2) is 4.11. The van der Waals surface area contributed by atoms with Crippen molar-refractivity contribution in [2.75, 3.05) is 13.1 Å². The predicted octanol–water partition coefficient (Wildman–Crippen LogP) is 1.84. The molecule has 1 saturated heterocycles. The van der Waals surface area contributed by atoms with Crippen LogP contribution in [0.2, 0.25) is 0 Å². The maximum atomic E-state index is 13.9. The molecule has 0 unspecified atom stereocenters. The molecule has 1 fully saturated rings. The van der Waals surface area contributed by atoms with E-state index in [1.165, 1.54) is 12.1 Å². The minimum absolute atomic E-state index is 0.172. The van der Waals surface area contributed by atoms with E-state index < -0.39 is 17.2 Å². The lowest BCUT2D eigenvalue weighted by molar-refractivity contribution is -0.000706. The van der Waals surface area contributed by atoms with Crippen molar-refractivity contribution in [3.63, 3.8) is 0 Å². The molecule has 1 aliphatic rings. The zero-order valence-corrected chi connectivity index (χ0v) is 9.19. The first-order valence-electron chi connectivity index (χ1n) is 5.43. The van der Waals surface area contributed by atoms with Crippen molar-refractivity contribution in [3.8, 4) is 0 Å². The van der Waals surface area contributed by atoms with Crippen LogP contribution in [-0.4, -0.2) is 18.2 Å². The molecule has 0 spiro atoms. The van der Waals surface area contributed by atoms with Crippen molar-refractivity contribution >= 4 is 0 Å². The first-order chi connectivity index (χ1) is 7.54. The molecule has 0 amide bonds. The lowest BCUT2D eigenvalue weighted by atomic mass is 9.83. The van der Waals surface area contributed by atoms with Gasteiger partial charge in [-0.3, -0.25) is 0 Å². The molecular weight excluding hydrogens is 212 g/mol. The maximum Gasteiger partial charge on any atom is 0.135 e. The van der Waals surface area contributed by atoms with E-state index in [4.69, 9.17) is 0 Å². The van der Waals surface area contributed by atoms with Crippen molar-refractivity contribution in [2.45, 2.75) is 25.4 Å². The first kappa shape index (κ1) is 11.5. The maximum absolute atomic E-state index is 13.9. The first-order valence-corrected chi connectivity index (χ1v) is 5.43. The summed E-state index contributed by atoms with van der Waals surface area (Å²) in [7, 11) is 0. The molecule has 2 rings (SSSR count). The van der Waals surface area contributed by atoms with E-state index in [-0.39, 0.29) is 5.56 Å². The van der Waals surface area contributed by atoms with Crippen LogP contribution in [0.4, 0.5) is 8.78 Å². The summed E-state index contributed by atoms with van der Waals surface area (Å²) in [6, 6.07) is 2.60. The van der Waals surface area contributed by atoms with E-state index in [1.54, 1.807) is 6.92 Å². The van der Waals surface area contributed by atoms with Gasteiger partial charge < -0.3 is 10.4 Å².